The van der Waals surface area contributed by atoms with E-state index in [9.17, 15) is 4.79 Å². The molecule has 0 radical (unpaired) electrons. The number of nitrogens with one attached hydrogen (secondary N) is 3. The van der Waals surface area contributed by atoms with Gasteiger partial charge in [0.15, 0.2) is 11.6 Å². The van der Waals surface area contributed by atoms with Gasteiger partial charge in [-0.25, -0.2) is 14.8 Å². The molecule has 2 amide bonds. The van der Waals surface area contributed by atoms with Crippen LogP contribution in [0.1, 0.15) is 29.9 Å². The lowest BCUT2D eigenvalue weighted by atomic mass is 10.1. The van der Waals surface area contributed by atoms with E-state index < -0.39 is 0 Å². The summed E-state index contributed by atoms with van der Waals surface area (Å²) >= 11 is 0. The van der Waals surface area contributed by atoms with Crippen LogP contribution in [0.15, 0.2) is 42.9 Å². The molecule has 4 aromatic rings. The highest BCUT2D eigenvalue weighted by atomic mass is 16.2. The van der Waals surface area contributed by atoms with Gasteiger partial charge in [-0.15, -0.1) is 0 Å². The summed E-state index contributed by atoms with van der Waals surface area (Å²) in [6, 6.07) is 7.44. The van der Waals surface area contributed by atoms with Crippen molar-refractivity contribution < 1.29 is 4.79 Å². The summed E-state index contributed by atoms with van der Waals surface area (Å²) in [6.07, 6.45) is 5.42. The second-order valence-corrected chi connectivity index (χ2v) is 9.24. The van der Waals surface area contributed by atoms with Gasteiger partial charge >= 0.3 is 6.03 Å². The van der Waals surface area contributed by atoms with Crippen molar-refractivity contribution >= 4 is 23.6 Å². The third kappa shape index (κ3) is 5.52. The second-order valence-electron chi connectivity index (χ2n) is 9.24. The molecule has 0 aromatic carbocycles. The predicted octanol–water partition coefficient (Wildman–Crippen LogP) is 2.95. The maximum atomic E-state index is 12.9. The Morgan fingerprint density at radius 1 is 1.05 bits per heavy atom. The second kappa shape index (κ2) is 10.2. The smallest absolute Gasteiger partial charge is 0.317 e. The minimum atomic E-state index is -0.173. The highest BCUT2D eigenvalue weighted by Gasteiger charge is 2.24. The molecule has 3 N–H and O–H groups in total. The van der Waals surface area contributed by atoms with Crippen LogP contribution in [0, 0.1) is 13.8 Å². The van der Waals surface area contributed by atoms with Crippen molar-refractivity contribution in [3.63, 3.8) is 0 Å². The van der Waals surface area contributed by atoms with Crippen LogP contribution in [0.5, 0.6) is 0 Å². The Balaban J connectivity index is 1.16. The number of hydrogen-bond donors (Lipinski definition) is 3. The van der Waals surface area contributed by atoms with Gasteiger partial charge in [-0.05, 0) is 32.4 Å². The zero-order chi connectivity index (χ0) is 25.9. The normalized spacial score (nSPS) is 14.5. The zero-order valence-electron chi connectivity index (χ0n) is 21.4. The molecule has 1 unspecified atom stereocenters. The average Bonchev–Trinajstić information content (AvgIpc) is 3.51. The van der Waals surface area contributed by atoms with Crippen molar-refractivity contribution in [3.05, 3.63) is 59.8 Å². The first-order valence-electron chi connectivity index (χ1n) is 12.2. The maximum Gasteiger partial charge on any atom is 0.317 e. The topological polar surface area (TPSA) is 133 Å². The summed E-state index contributed by atoms with van der Waals surface area (Å²) in [5, 5.41) is 13.4. The Kier molecular flexibility index (Phi) is 6.71. The Labute approximate surface area is 215 Å². The molecule has 1 fully saturated rings. The number of H-pyrrole nitrogens is 1. The maximum absolute atomic E-state index is 12.9. The van der Waals surface area contributed by atoms with Crippen LogP contribution < -0.4 is 15.5 Å². The summed E-state index contributed by atoms with van der Waals surface area (Å²) in [5.41, 5.74) is 3.55. The number of imidazole rings is 1. The number of amides is 2. The molecule has 1 saturated heterocycles. The summed E-state index contributed by atoms with van der Waals surface area (Å²) < 4.78 is 1.92. The lowest BCUT2D eigenvalue weighted by molar-refractivity contribution is 0.191. The molecule has 1 aliphatic heterocycles. The summed E-state index contributed by atoms with van der Waals surface area (Å²) in [6.45, 7) is 8.29. The third-order valence-corrected chi connectivity index (χ3v) is 6.33. The van der Waals surface area contributed by atoms with Gasteiger partial charge in [0.25, 0.3) is 0 Å². The van der Waals surface area contributed by atoms with Gasteiger partial charge in [0.2, 0.25) is 5.95 Å². The van der Waals surface area contributed by atoms with Crippen molar-refractivity contribution in [2.75, 3.05) is 36.4 Å². The molecule has 5 rings (SSSR count). The monoisotopic (exact) mass is 501 g/mol. The first-order chi connectivity index (χ1) is 17.9. The Morgan fingerprint density at radius 2 is 1.86 bits per heavy atom. The molecule has 0 aliphatic carbocycles. The summed E-state index contributed by atoms with van der Waals surface area (Å²) in [5.74, 6) is 2.84. The fourth-order valence-corrected chi connectivity index (χ4v) is 4.25. The molecule has 4 aromatic heterocycles. The van der Waals surface area contributed by atoms with Gasteiger partial charge in [0.05, 0.1) is 6.04 Å². The number of nitrogens with zero attached hydrogens (tertiary/aromatic N) is 8. The summed E-state index contributed by atoms with van der Waals surface area (Å²) in [7, 11) is 1.93. The molecule has 12 nitrogen and oxygen atoms in total. The van der Waals surface area contributed by atoms with Crippen LogP contribution in [0.4, 0.5) is 22.4 Å². The summed E-state index contributed by atoms with van der Waals surface area (Å²) in [4.78, 5) is 35.0. The fourth-order valence-electron chi connectivity index (χ4n) is 4.25. The fraction of sp³-hybridized carbons (Fsp3) is 0.360. The molecule has 0 spiro atoms. The molecule has 1 aliphatic rings. The number of hydrogen-bond acceptors (Lipinski definition) is 8. The average molecular weight is 502 g/mol. The molecule has 0 bridgehead atoms. The van der Waals surface area contributed by atoms with Crippen molar-refractivity contribution in [3.8, 4) is 11.5 Å². The van der Waals surface area contributed by atoms with E-state index in [4.69, 9.17) is 0 Å². The third-order valence-electron chi connectivity index (χ3n) is 6.33. The quantitative estimate of drug-likeness (QED) is 0.367. The minimum absolute atomic E-state index is 0.0956. The number of piperazine rings is 1. The number of aromatic amines is 1. The minimum Gasteiger partial charge on any atom is -0.337 e. The van der Waals surface area contributed by atoms with Gasteiger partial charge in [0, 0.05) is 75.3 Å². The van der Waals surface area contributed by atoms with Crippen LogP contribution in [0.25, 0.3) is 11.5 Å². The van der Waals surface area contributed by atoms with E-state index in [0.29, 0.717) is 43.8 Å². The van der Waals surface area contributed by atoms with E-state index in [1.165, 1.54) is 0 Å². The number of aromatic nitrogens is 7. The van der Waals surface area contributed by atoms with Gasteiger partial charge in [0.1, 0.15) is 11.5 Å². The van der Waals surface area contributed by atoms with Gasteiger partial charge < -0.3 is 25.0 Å². The standard InChI is InChI=1S/C25H31N11O/c1-16-13-21(30-22-14-17(2)32-33-22)31-24(28-16)35-9-11-36(12-10-35)25(37)29-18(3)19-5-6-20(27-15-19)23-26-7-8-34(23)4/h5-8,13-15,18H,9-12H2,1-4H3,(H,29,37)(H2,28,30,31,32,33). The van der Waals surface area contributed by atoms with Crippen molar-refractivity contribution in [1.29, 1.82) is 0 Å². The number of aryl methyl sites for hydroxylation is 3. The number of anilines is 3. The predicted molar refractivity (Wildman–Crippen MR) is 141 cm³/mol. The first kappa shape index (κ1) is 24.2. The molecule has 37 heavy (non-hydrogen) atoms. The SMILES string of the molecule is Cc1cc(Nc2cc(C)[nH]n2)nc(N2CCN(C(=O)NC(C)c3ccc(-c4nccn4C)nc3)CC2)n1. The van der Waals surface area contributed by atoms with E-state index in [0.717, 1.165) is 28.5 Å². The molecule has 1 atom stereocenters. The van der Waals surface area contributed by atoms with Crippen molar-refractivity contribution in [2.45, 2.75) is 26.8 Å². The van der Waals surface area contributed by atoms with Gasteiger partial charge in [-0.3, -0.25) is 10.1 Å². The lowest BCUT2D eigenvalue weighted by Gasteiger charge is -2.35. The first-order valence-corrected chi connectivity index (χ1v) is 12.2. The molecule has 192 valence electrons. The highest BCUT2D eigenvalue weighted by Crippen LogP contribution is 2.20. The van der Waals surface area contributed by atoms with Crippen LogP contribution in [-0.4, -0.2) is 71.8 Å². The molecular formula is C25H31N11O. The number of urea groups is 1. The molecule has 5 heterocycles. The number of pyridine rings is 1. The number of carbonyl (C=O) groups excluding carboxylic acids is 1. The number of carbonyl (C=O) groups is 1. The van der Waals surface area contributed by atoms with E-state index in [2.05, 4.69) is 45.7 Å². The van der Waals surface area contributed by atoms with E-state index in [-0.39, 0.29) is 12.1 Å². The Hall–Kier alpha value is -4.48. The Morgan fingerprint density at radius 3 is 2.51 bits per heavy atom. The zero-order valence-corrected chi connectivity index (χ0v) is 21.4. The number of rotatable bonds is 6. The molecular weight excluding hydrogens is 470 g/mol. The van der Waals surface area contributed by atoms with Crippen molar-refractivity contribution in [2.24, 2.45) is 7.05 Å². The van der Waals surface area contributed by atoms with E-state index in [1.807, 2.05) is 67.7 Å². The van der Waals surface area contributed by atoms with E-state index >= 15 is 0 Å². The highest BCUT2D eigenvalue weighted by molar-refractivity contribution is 5.75. The largest absolute Gasteiger partial charge is 0.337 e. The van der Waals surface area contributed by atoms with Crippen LogP contribution in [0.3, 0.4) is 0 Å². The van der Waals surface area contributed by atoms with Crippen LogP contribution in [-0.2, 0) is 7.05 Å². The van der Waals surface area contributed by atoms with Gasteiger partial charge in [-0.2, -0.15) is 10.1 Å². The van der Waals surface area contributed by atoms with Crippen LogP contribution in [0.2, 0.25) is 0 Å². The lowest BCUT2D eigenvalue weighted by Crippen LogP contribution is -2.52. The van der Waals surface area contributed by atoms with Crippen molar-refractivity contribution in [1.82, 2.24) is 44.9 Å². The van der Waals surface area contributed by atoms with E-state index in [1.54, 1.807) is 12.4 Å². The van der Waals surface area contributed by atoms with Gasteiger partial charge in [-0.1, -0.05) is 6.07 Å². The molecule has 12 heteroatoms. The Bertz CT molecular complexity index is 1370. The molecule has 0 saturated carbocycles. The van der Waals surface area contributed by atoms with Crippen LogP contribution >= 0.6 is 0 Å².